The van der Waals surface area contributed by atoms with Crippen molar-refractivity contribution >= 4 is 18.6 Å². The molecule has 2 aliphatic rings. The fraction of sp³-hybridized carbons (Fsp3) is 0.720. The second-order valence-electron chi connectivity index (χ2n) is 10.9. The molecule has 0 N–H and O–H groups in total. The van der Waals surface area contributed by atoms with Gasteiger partial charge in [-0.25, -0.2) is 4.79 Å². The smallest absolute Gasteiger partial charge is 0.458 e. The van der Waals surface area contributed by atoms with Crippen LogP contribution in [0.25, 0.3) is 0 Å². The Morgan fingerprint density at radius 3 is 2.10 bits per heavy atom. The second kappa shape index (κ2) is 8.31. The van der Waals surface area contributed by atoms with Crippen molar-refractivity contribution in [2.24, 2.45) is 17.8 Å². The number of hydrogen-bond donors (Lipinski definition) is 0. The minimum absolute atomic E-state index is 0.00429. The first kappa shape index (κ1) is 23.3. The van der Waals surface area contributed by atoms with Crippen LogP contribution in [0.5, 0.6) is 0 Å². The van der Waals surface area contributed by atoms with E-state index in [0.29, 0.717) is 23.3 Å². The van der Waals surface area contributed by atoms with E-state index in [4.69, 9.17) is 14.0 Å². The summed E-state index contributed by atoms with van der Waals surface area (Å²) in [6.07, 6.45) is 3.32. The van der Waals surface area contributed by atoms with Crippen LogP contribution in [0.4, 0.5) is 0 Å². The lowest BCUT2D eigenvalue weighted by Crippen LogP contribution is -2.41. The van der Waals surface area contributed by atoms with E-state index in [-0.39, 0.29) is 12.1 Å². The molecule has 3 rings (SSSR count). The van der Waals surface area contributed by atoms with Crippen molar-refractivity contribution in [1.29, 1.82) is 0 Å². The van der Waals surface area contributed by atoms with Gasteiger partial charge in [0.05, 0.1) is 16.8 Å². The van der Waals surface area contributed by atoms with Crippen molar-refractivity contribution in [2.75, 3.05) is 0 Å². The lowest BCUT2D eigenvalue weighted by atomic mass is 9.73. The van der Waals surface area contributed by atoms with Crippen LogP contribution in [0, 0.1) is 31.6 Å². The van der Waals surface area contributed by atoms with Gasteiger partial charge in [-0.15, -0.1) is 0 Å². The molecule has 0 unspecified atom stereocenters. The third-order valence-electron chi connectivity index (χ3n) is 7.54. The number of rotatable bonds is 4. The van der Waals surface area contributed by atoms with Crippen LogP contribution in [0.15, 0.2) is 12.1 Å². The summed E-state index contributed by atoms with van der Waals surface area (Å²) < 4.78 is 18.6. The summed E-state index contributed by atoms with van der Waals surface area (Å²) in [5.74, 6) is 1.35. The fourth-order valence-electron chi connectivity index (χ4n) is 4.88. The zero-order valence-corrected chi connectivity index (χ0v) is 20.3. The molecule has 166 valence electrons. The van der Waals surface area contributed by atoms with Crippen LogP contribution >= 0.6 is 0 Å². The largest absolute Gasteiger partial charge is 0.495 e. The summed E-state index contributed by atoms with van der Waals surface area (Å²) in [6, 6.07) is 3.85. The SMILES string of the molecule is Cc1cc(C(=O)O[C@@H]2C[C@H](C)CC[C@H]2C(C)C)cc(C)c1B1OC(C)(C)C(C)(C)O1. The highest BCUT2D eigenvalue weighted by molar-refractivity contribution is 6.63. The Kier molecular flexibility index (Phi) is 6.47. The molecule has 0 spiro atoms. The van der Waals surface area contributed by atoms with E-state index in [1.165, 1.54) is 6.42 Å². The maximum absolute atomic E-state index is 13.0. The van der Waals surface area contributed by atoms with Crippen molar-refractivity contribution in [3.05, 3.63) is 28.8 Å². The first-order valence-corrected chi connectivity index (χ1v) is 11.5. The number of benzene rings is 1. The molecule has 1 saturated heterocycles. The Morgan fingerprint density at radius 1 is 1.07 bits per heavy atom. The van der Waals surface area contributed by atoms with E-state index < -0.39 is 18.3 Å². The van der Waals surface area contributed by atoms with Gasteiger partial charge in [0.1, 0.15) is 6.10 Å². The van der Waals surface area contributed by atoms with E-state index in [1.807, 2.05) is 26.0 Å². The molecule has 1 saturated carbocycles. The van der Waals surface area contributed by atoms with E-state index >= 15 is 0 Å². The first-order chi connectivity index (χ1) is 13.8. The number of esters is 1. The highest BCUT2D eigenvalue weighted by atomic mass is 16.7. The molecule has 1 aliphatic heterocycles. The molecule has 1 aromatic carbocycles. The Morgan fingerprint density at radius 2 is 1.60 bits per heavy atom. The molecule has 4 nitrogen and oxygen atoms in total. The normalized spacial score (nSPS) is 28.1. The van der Waals surface area contributed by atoms with Crippen LogP contribution in [0.3, 0.4) is 0 Å². The zero-order chi connectivity index (χ0) is 22.4. The summed E-state index contributed by atoms with van der Waals surface area (Å²) >= 11 is 0. The second-order valence-corrected chi connectivity index (χ2v) is 10.9. The van der Waals surface area contributed by atoms with Gasteiger partial charge in [-0.2, -0.15) is 0 Å². The van der Waals surface area contributed by atoms with E-state index in [2.05, 4.69) is 48.5 Å². The van der Waals surface area contributed by atoms with E-state index in [9.17, 15) is 4.79 Å². The number of ether oxygens (including phenoxy) is 1. The molecule has 5 heteroatoms. The zero-order valence-electron chi connectivity index (χ0n) is 20.3. The van der Waals surface area contributed by atoms with E-state index in [1.54, 1.807) is 0 Å². The molecule has 0 radical (unpaired) electrons. The van der Waals surface area contributed by atoms with Crippen LogP contribution in [-0.4, -0.2) is 30.4 Å². The molecule has 30 heavy (non-hydrogen) atoms. The van der Waals surface area contributed by atoms with Crippen molar-refractivity contribution < 1.29 is 18.8 Å². The molecule has 1 heterocycles. The van der Waals surface area contributed by atoms with Crippen LogP contribution in [-0.2, 0) is 14.0 Å². The molecule has 2 fully saturated rings. The summed E-state index contributed by atoms with van der Waals surface area (Å²) in [6.45, 7) is 19.0. The molecule has 1 aromatic rings. The topological polar surface area (TPSA) is 44.8 Å². The average Bonchev–Trinajstić information content (AvgIpc) is 2.81. The number of carbonyl (C=O) groups excluding carboxylic acids is 1. The predicted octanol–water partition coefficient (Wildman–Crippen LogP) is 5.22. The Bertz CT molecular complexity index is 759. The Labute approximate surface area is 183 Å². The van der Waals surface area contributed by atoms with Gasteiger partial charge in [-0.3, -0.25) is 0 Å². The summed E-state index contributed by atoms with van der Waals surface area (Å²) in [7, 11) is -0.426. The number of hydrogen-bond acceptors (Lipinski definition) is 4. The fourth-order valence-corrected chi connectivity index (χ4v) is 4.88. The van der Waals surface area contributed by atoms with Crippen molar-refractivity contribution in [1.82, 2.24) is 0 Å². The average molecular weight is 414 g/mol. The summed E-state index contributed by atoms with van der Waals surface area (Å²) in [5.41, 5.74) is 2.84. The van der Waals surface area contributed by atoms with Gasteiger partial charge in [-0.05, 0) is 89.7 Å². The Balaban J connectivity index is 1.80. The van der Waals surface area contributed by atoms with Crippen molar-refractivity contribution in [3.63, 3.8) is 0 Å². The van der Waals surface area contributed by atoms with Gasteiger partial charge in [0, 0.05) is 0 Å². The highest BCUT2D eigenvalue weighted by Crippen LogP contribution is 2.38. The molecule has 1 aliphatic carbocycles. The summed E-state index contributed by atoms with van der Waals surface area (Å²) in [4.78, 5) is 13.0. The van der Waals surface area contributed by atoms with Gasteiger partial charge in [0.25, 0.3) is 0 Å². The van der Waals surface area contributed by atoms with Crippen molar-refractivity contribution in [2.45, 2.75) is 98.9 Å². The highest BCUT2D eigenvalue weighted by Gasteiger charge is 2.52. The predicted molar refractivity (Wildman–Crippen MR) is 122 cm³/mol. The molecular formula is C25H39BO4. The maximum Gasteiger partial charge on any atom is 0.495 e. The van der Waals surface area contributed by atoms with Gasteiger partial charge < -0.3 is 14.0 Å². The quantitative estimate of drug-likeness (QED) is 0.501. The summed E-state index contributed by atoms with van der Waals surface area (Å²) in [5, 5.41) is 0. The molecule has 0 bridgehead atoms. The van der Waals surface area contributed by atoms with Crippen LogP contribution < -0.4 is 5.46 Å². The minimum atomic E-state index is -0.426. The van der Waals surface area contributed by atoms with Crippen molar-refractivity contribution in [3.8, 4) is 0 Å². The lowest BCUT2D eigenvalue weighted by molar-refractivity contribution is -0.0174. The monoisotopic (exact) mass is 414 g/mol. The standard InChI is InChI=1S/C25H39BO4/c1-15(2)20-11-10-16(3)12-21(20)28-23(27)19-13-17(4)22(18(5)14-19)26-29-24(6,7)25(8,9)30-26/h13-16,20-21H,10-12H2,1-9H3/t16-,20+,21-/m1/s1. The van der Waals surface area contributed by atoms with Gasteiger partial charge >= 0.3 is 13.1 Å². The van der Waals surface area contributed by atoms with Crippen LogP contribution in [0.1, 0.15) is 89.2 Å². The molecule has 3 atom stereocenters. The van der Waals surface area contributed by atoms with Gasteiger partial charge in [0.15, 0.2) is 0 Å². The number of aryl methyl sites for hydroxylation is 2. The Hall–Kier alpha value is -1.33. The first-order valence-electron chi connectivity index (χ1n) is 11.5. The van der Waals surface area contributed by atoms with Crippen LogP contribution in [0.2, 0.25) is 0 Å². The molecular weight excluding hydrogens is 375 g/mol. The van der Waals surface area contributed by atoms with E-state index in [0.717, 1.165) is 29.4 Å². The number of carbonyl (C=O) groups is 1. The third-order valence-corrected chi connectivity index (χ3v) is 7.54. The minimum Gasteiger partial charge on any atom is -0.458 e. The van der Waals surface area contributed by atoms with Gasteiger partial charge in [0.2, 0.25) is 0 Å². The maximum atomic E-state index is 13.0. The van der Waals surface area contributed by atoms with Gasteiger partial charge in [-0.1, -0.05) is 38.3 Å². The lowest BCUT2D eigenvalue weighted by Gasteiger charge is -2.36. The molecule has 0 aromatic heterocycles. The third kappa shape index (κ3) is 4.48. The molecule has 0 amide bonds.